The minimum Gasteiger partial charge on any atom is -0.468 e. The molecule has 0 radical (unpaired) electrons. The molecule has 0 aliphatic heterocycles. The Labute approximate surface area is 172 Å². The zero-order chi connectivity index (χ0) is 21.1. The summed E-state index contributed by atoms with van der Waals surface area (Å²) in [6, 6.07) is 17.0. The average molecular weight is 425 g/mol. The Hall–Kier alpha value is -3.56. The van der Waals surface area contributed by atoms with E-state index in [1.165, 1.54) is 30.3 Å². The van der Waals surface area contributed by atoms with E-state index in [-0.39, 0.29) is 28.7 Å². The van der Waals surface area contributed by atoms with E-state index in [0.717, 1.165) is 0 Å². The number of nitrogens with zero attached hydrogens (tertiary/aromatic N) is 2. The van der Waals surface area contributed by atoms with Gasteiger partial charge in [-0.25, -0.2) is 27.9 Å². The highest BCUT2D eigenvalue weighted by Crippen LogP contribution is 2.36. The molecule has 0 atom stereocenters. The average Bonchev–Trinajstić information content (AvgIpc) is 3.17. The fourth-order valence-corrected chi connectivity index (χ4v) is 3.62. The van der Waals surface area contributed by atoms with Crippen LogP contribution in [0, 0.1) is 5.82 Å². The zero-order valence-corrected chi connectivity index (χ0v) is 16.3. The van der Waals surface area contributed by atoms with Crippen molar-refractivity contribution < 1.29 is 22.0 Å². The van der Waals surface area contributed by atoms with Crippen LogP contribution in [0.4, 0.5) is 4.39 Å². The van der Waals surface area contributed by atoms with Crippen LogP contribution in [0.5, 0.6) is 5.88 Å². The molecule has 7 nitrogen and oxygen atoms in total. The van der Waals surface area contributed by atoms with Crippen molar-refractivity contribution >= 4 is 10.0 Å². The van der Waals surface area contributed by atoms with Crippen molar-refractivity contribution in [2.24, 2.45) is 5.14 Å². The van der Waals surface area contributed by atoms with Gasteiger partial charge in [0.15, 0.2) is 12.4 Å². The van der Waals surface area contributed by atoms with Gasteiger partial charge in [-0.05, 0) is 42.5 Å². The Morgan fingerprint density at radius 2 is 1.73 bits per heavy atom. The van der Waals surface area contributed by atoms with Crippen molar-refractivity contribution in [1.82, 2.24) is 9.97 Å². The number of aromatic nitrogens is 2. The third-order valence-electron chi connectivity index (χ3n) is 4.21. The van der Waals surface area contributed by atoms with E-state index in [4.69, 9.17) is 14.3 Å². The summed E-state index contributed by atoms with van der Waals surface area (Å²) < 4.78 is 49.0. The second kappa shape index (κ2) is 8.05. The molecular weight excluding hydrogens is 409 g/mol. The van der Waals surface area contributed by atoms with Gasteiger partial charge in [-0.15, -0.1) is 0 Å². The molecule has 0 amide bonds. The SMILES string of the molecule is NS(=O)(=O)c1ccccc1-c1oc(COc2ccccn2)nc1-c1ccc(F)cc1. The second-order valence-electron chi connectivity index (χ2n) is 6.29. The van der Waals surface area contributed by atoms with Gasteiger partial charge in [0.2, 0.25) is 21.8 Å². The highest BCUT2D eigenvalue weighted by molar-refractivity contribution is 7.89. The first kappa shape index (κ1) is 19.7. The van der Waals surface area contributed by atoms with Gasteiger partial charge < -0.3 is 9.15 Å². The fraction of sp³-hybridized carbons (Fsp3) is 0.0476. The van der Waals surface area contributed by atoms with Crippen molar-refractivity contribution in [3.8, 4) is 28.5 Å². The molecule has 0 bridgehead atoms. The largest absolute Gasteiger partial charge is 0.468 e. The number of nitrogens with two attached hydrogens (primary N) is 1. The first-order valence-corrected chi connectivity index (χ1v) is 10.4. The van der Waals surface area contributed by atoms with Crippen LogP contribution in [0.3, 0.4) is 0 Å². The van der Waals surface area contributed by atoms with E-state index in [2.05, 4.69) is 9.97 Å². The molecule has 4 rings (SSSR count). The monoisotopic (exact) mass is 425 g/mol. The summed E-state index contributed by atoms with van der Waals surface area (Å²) in [6.45, 7) is -0.0389. The highest BCUT2D eigenvalue weighted by Gasteiger charge is 2.23. The summed E-state index contributed by atoms with van der Waals surface area (Å²) in [7, 11) is -4.02. The Kier molecular flexibility index (Phi) is 5.30. The lowest BCUT2D eigenvalue weighted by Gasteiger charge is -2.07. The van der Waals surface area contributed by atoms with Gasteiger partial charge in [-0.1, -0.05) is 18.2 Å². The lowest BCUT2D eigenvalue weighted by atomic mass is 10.1. The molecule has 30 heavy (non-hydrogen) atoms. The quantitative estimate of drug-likeness (QED) is 0.504. The molecule has 4 aromatic rings. The Morgan fingerprint density at radius 3 is 2.43 bits per heavy atom. The molecular formula is C21H16FN3O4S. The van der Waals surface area contributed by atoms with Crippen molar-refractivity contribution in [3.63, 3.8) is 0 Å². The van der Waals surface area contributed by atoms with Gasteiger partial charge in [0.25, 0.3) is 0 Å². The smallest absolute Gasteiger partial charge is 0.238 e. The Bertz CT molecular complexity index is 1270. The summed E-state index contributed by atoms with van der Waals surface area (Å²) in [5, 5.41) is 5.37. The molecule has 2 heterocycles. The van der Waals surface area contributed by atoms with Gasteiger partial charge in [-0.3, -0.25) is 0 Å². The van der Waals surface area contributed by atoms with Crippen LogP contribution < -0.4 is 9.88 Å². The summed E-state index contributed by atoms with van der Waals surface area (Å²) in [6.07, 6.45) is 1.59. The first-order chi connectivity index (χ1) is 14.4. The van der Waals surface area contributed by atoms with Crippen molar-refractivity contribution in [3.05, 3.63) is 84.6 Å². The van der Waals surface area contributed by atoms with Crippen LogP contribution in [0.15, 0.2) is 82.2 Å². The molecule has 2 aromatic carbocycles. The van der Waals surface area contributed by atoms with Crippen molar-refractivity contribution in [2.45, 2.75) is 11.5 Å². The summed E-state index contributed by atoms with van der Waals surface area (Å²) in [5.74, 6) is 0.350. The van der Waals surface area contributed by atoms with Crippen LogP contribution in [-0.2, 0) is 16.6 Å². The summed E-state index contributed by atoms with van der Waals surface area (Å²) in [4.78, 5) is 8.40. The number of ether oxygens (including phenoxy) is 1. The van der Waals surface area contributed by atoms with Crippen LogP contribution in [0.2, 0.25) is 0 Å². The van der Waals surface area contributed by atoms with Crippen LogP contribution in [0.1, 0.15) is 5.89 Å². The number of halogens is 1. The minimum atomic E-state index is -4.02. The first-order valence-electron chi connectivity index (χ1n) is 8.83. The maximum atomic E-state index is 13.4. The number of primary sulfonamides is 1. The molecule has 0 aliphatic carbocycles. The number of sulfonamides is 1. The minimum absolute atomic E-state index is 0.0389. The molecule has 0 saturated carbocycles. The number of pyridine rings is 1. The number of hydrogen-bond acceptors (Lipinski definition) is 6. The van der Waals surface area contributed by atoms with Crippen LogP contribution >= 0.6 is 0 Å². The highest BCUT2D eigenvalue weighted by atomic mass is 32.2. The summed E-state index contributed by atoms with van der Waals surface area (Å²) in [5.41, 5.74) is 1.13. The van der Waals surface area contributed by atoms with Crippen molar-refractivity contribution in [1.29, 1.82) is 0 Å². The molecule has 2 aromatic heterocycles. The zero-order valence-electron chi connectivity index (χ0n) is 15.5. The molecule has 0 aliphatic rings. The third kappa shape index (κ3) is 4.22. The lowest BCUT2D eigenvalue weighted by molar-refractivity contribution is 0.255. The van der Waals surface area contributed by atoms with Gasteiger partial charge in [0.1, 0.15) is 11.5 Å². The van der Waals surface area contributed by atoms with Gasteiger partial charge in [0, 0.05) is 23.4 Å². The number of benzene rings is 2. The number of oxazole rings is 1. The van der Waals surface area contributed by atoms with Gasteiger partial charge >= 0.3 is 0 Å². The predicted octanol–water partition coefficient (Wildman–Crippen LogP) is 3.77. The van der Waals surface area contributed by atoms with Gasteiger partial charge in [0.05, 0.1) is 4.90 Å². The maximum Gasteiger partial charge on any atom is 0.238 e. The molecule has 0 unspecified atom stereocenters. The second-order valence-corrected chi connectivity index (χ2v) is 7.82. The Morgan fingerprint density at radius 1 is 1.00 bits per heavy atom. The van der Waals surface area contributed by atoms with E-state index in [9.17, 15) is 12.8 Å². The Balaban J connectivity index is 1.81. The topological polar surface area (TPSA) is 108 Å². The number of hydrogen-bond donors (Lipinski definition) is 1. The van der Waals surface area contributed by atoms with Crippen molar-refractivity contribution in [2.75, 3.05) is 0 Å². The molecule has 0 fully saturated rings. The molecule has 0 saturated heterocycles. The van der Waals surface area contributed by atoms with E-state index in [1.807, 2.05) is 0 Å². The molecule has 2 N–H and O–H groups in total. The molecule has 152 valence electrons. The standard InChI is InChI=1S/C21H16FN3O4S/c22-15-10-8-14(9-11-15)20-21(16-5-1-2-6-17(16)30(23,26)27)29-19(25-20)13-28-18-7-3-4-12-24-18/h1-12H,13H2,(H2,23,26,27). The van der Waals surface area contributed by atoms with Crippen LogP contribution in [-0.4, -0.2) is 18.4 Å². The summed E-state index contributed by atoms with van der Waals surface area (Å²) >= 11 is 0. The maximum absolute atomic E-state index is 13.4. The lowest BCUT2D eigenvalue weighted by Crippen LogP contribution is -2.13. The van der Waals surface area contributed by atoms with E-state index < -0.39 is 15.8 Å². The fourth-order valence-electron chi connectivity index (χ4n) is 2.88. The van der Waals surface area contributed by atoms with E-state index in [0.29, 0.717) is 17.1 Å². The predicted molar refractivity (Wildman–Crippen MR) is 107 cm³/mol. The normalized spacial score (nSPS) is 11.4. The molecule has 0 spiro atoms. The van der Waals surface area contributed by atoms with Gasteiger partial charge in [-0.2, -0.15) is 0 Å². The van der Waals surface area contributed by atoms with E-state index in [1.54, 1.807) is 42.6 Å². The third-order valence-corrected chi connectivity index (χ3v) is 5.18. The molecule has 9 heteroatoms. The van der Waals surface area contributed by atoms with Crippen LogP contribution in [0.25, 0.3) is 22.6 Å². The van der Waals surface area contributed by atoms with E-state index >= 15 is 0 Å². The number of rotatable bonds is 6.